The highest BCUT2D eigenvalue weighted by Crippen LogP contribution is 2.25. The number of amides is 1. The molecule has 17 heavy (non-hydrogen) atoms. The number of rotatable bonds is 3. The van der Waals surface area contributed by atoms with Gasteiger partial charge in [0.05, 0.1) is 18.6 Å². The molecule has 2 aliphatic heterocycles. The Balaban J connectivity index is 1.75. The fourth-order valence-corrected chi connectivity index (χ4v) is 2.71. The van der Waals surface area contributed by atoms with Crippen molar-refractivity contribution >= 4 is 5.91 Å². The van der Waals surface area contributed by atoms with Crippen LogP contribution in [-0.4, -0.2) is 38.3 Å². The van der Waals surface area contributed by atoms with Crippen molar-refractivity contribution < 1.29 is 9.53 Å². The lowest BCUT2D eigenvalue weighted by molar-refractivity contribution is -0.125. The molecule has 0 radical (unpaired) electrons. The zero-order chi connectivity index (χ0) is 12.3. The van der Waals surface area contributed by atoms with E-state index >= 15 is 0 Å². The summed E-state index contributed by atoms with van der Waals surface area (Å²) in [4.78, 5) is 12.0. The van der Waals surface area contributed by atoms with Gasteiger partial charge in [-0.05, 0) is 38.1 Å². The van der Waals surface area contributed by atoms with Gasteiger partial charge in [0.25, 0.3) is 0 Å². The predicted molar refractivity (Wildman–Crippen MR) is 66.7 cm³/mol. The molecule has 3 unspecified atom stereocenters. The van der Waals surface area contributed by atoms with Crippen LogP contribution in [0.5, 0.6) is 0 Å². The number of carbonyl (C=O) groups excluding carboxylic acids is 1. The lowest BCUT2D eigenvalue weighted by Crippen LogP contribution is -2.46. The van der Waals surface area contributed by atoms with Gasteiger partial charge in [0.15, 0.2) is 0 Å². The minimum Gasteiger partial charge on any atom is -0.378 e. The number of hydrogen-bond acceptors (Lipinski definition) is 3. The lowest BCUT2D eigenvalue weighted by atomic mass is 9.82. The molecule has 0 saturated carbocycles. The molecule has 98 valence electrons. The van der Waals surface area contributed by atoms with Gasteiger partial charge in [0.2, 0.25) is 5.91 Å². The maximum absolute atomic E-state index is 12.0. The Morgan fingerprint density at radius 2 is 2.41 bits per heavy atom. The zero-order valence-corrected chi connectivity index (χ0v) is 10.9. The number of ether oxygens (including phenoxy) is 1. The Morgan fingerprint density at radius 1 is 1.59 bits per heavy atom. The van der Waals surface area contributed by atoms with E-state index in [2.05, 4.69) is 17.6 Å². The van der Waals surface area contributed by atoms with Crippen LogP contribution in [0, 0.1) is 11.3 Å². The summed E-state index contributed by atoms with van der Waals surface area (Å²) in [5, 5.41) is 6.50. The molecule has 2 saturated heterocycles. The van der Waals surface area contributed by atoms with E-state index < -0.39 is 0 Å². The third-order valence-corrected chi connectivity index (χ3v) is 3.94. The molecule has 0 aromatic rings. The standard InChI is InChI=1S/C13H24N2O2/c1-10-6-11(7-17-10)12(16)15-9-13(2)4-3-5-14-8-13/h10-11,14H,3-9H2,1-2H3,(H,15,16). The van der Waals surface area contributed by atoms with Crippen molar-refractivity contribution in [3.8, 4) is 0 Å². The average Bonchev–Trinajstić information content (AvgIpc) is 2.74. The van der Waals surface area contributed by atoms with E-state index in [9.17, 15) is 4.79 Å². The average molecular weight is 240 g/mol. The first kappa shape index (κ1) is 12.8. The van der Waals surface area contributed by atoms with Crippen molar-refractivity contribution in [2.45, 2.75) is 39.2 Å². The summed E-state index contributed by atoms with van der Waals surface area (Å²) in [6.07, 6.45) is 3.49. The maximum Gasteiger partial charge on any atom is 0.225 e. The van der Waals surface area contributed by atoms with Crippen molar-refractivity contribution in [2.24, 2.45) is 11.3 Å². The predicted octanol–water partition coefficient (Wildman–Crippen LogP) is 0.917. The summed E-state index contributed by atoms with van der Waals surface area (Å²) in [5.41, 5.74) is 0.221. The van der Waals surface area contributed by atoms with Crippen LogP contribution in [0.2, 0.25) is 0 Å². The molecule has 2 rings (SSSR count). The Labute approximate surface area is 103 Å². The maximum atomic E-state index is 12.0. The number of nitrogens with one attached hydrogen (secondary N) is 2. The topological polar surface area (TPSA) is 50.4 Å². The number of piperidine rings is 1. The fourth-order valence-electron chi connectivity index (χ4n) is 2.71. The van der Waals surface area contributed by atoms with Crippen molar-refractivity contribution in [1.82, 2.24) is 10.6 Å². The molecular weight excluding hydrogens is 216 g/mol. The minimum absolute atomic E-state index is 0.0603. The quantitative estimate of drug-likeness (QED) is 0.771. The monoisotopic (exact) mass is 240 g/mol. The van der Waals surface area contributed by atoms with E-state index in [1.165, 1.54) is 12.8 Å². The summed E-state index contributed by atoms with van der Waals surface area (Å²) >= 11 is 0. The van der Waals surface area contributed by atoms with Crippen LogP contribution in [0.3, 0.4) is 0 Å². The highest BCUT2D eigenvalue weighted by atomic mass is 16.5. The molecule has 0 aromatic carbocycles. The summed E-state index contributed by atoms with van der Waals surface area (Å²) in [5.74, 6) is 0.228. The third kappa shape index (κ3) is 3.42. The molecule has 3 atom stereocenters. The van der Waals surface area contributed by atoms with Gasteiger partial charge in [-0.3, -0.25) is 4.79 Å². The normalized spacial score (nSPS) is 38.0. The van der Waals surface area contributed by atoms with Gasteiger partial charge in [-0.25, -0.2) is 0 Å². The Morgan fingerprint density at radius 3 is 3.00 bits per heavy atom. The van der Waals surface area contributed by atoms with E-state index in [1.807, 2.05) is 6.92 Å². The molecule has 0 spiro atoms. The summed E-state index contributed by atoms with van der Waals surface area (Å²) in [6, 6.07) is 0. The van der Waals surface area contributed by atoms with Crippen LogP contribution >= 0.6 is 0 Å². The van der Waals surface area contributed by atoms with E-state index in [1.54, 1.807) is 0 Å². The first-order chi connectivity index (χ1) is 8.09. The summed E-state index contributed by atoms with van der Waals surface area (Å²) < 4.78 is 5.43. The van der Waals surface area contributed by atoms with Gasteiger partial charge in [-0.1, -0.05) is 6.92 Å². The SMILES string of the molecule is CC1CC(C(=O)NCC2(C)CCCNC2)CO1. The van der Waals surface area contributed by atoms with Crippen molar-refractivity contribution in [3.05, 3.63) is 0 Å². The van der Waals surface area contributed by atoms with Gasteiger partial charge in [0, 0.05) is 13.1 Å². The van der Waals surface area contributed by atoms with Crippen molar-refractivity contribution in [1.29, 1.82) is 0 Å². The third-order valence-electron chi connectivity index (χ3n) is 3.94. The van der Waals surface area contributed by atoms with E-state index in [0.717, 1.165) is 26.1 Å². The molecule has 2 aliphatic rings. The molecule has 2 N–H and O–H groups in total. The molecule has 0 bridgehead atoms. The molecular formula is C13H24N2O2. The summed E-state index contributed by atoms with van der Waals surface area (Å²) in [7, 11) is 0. The molecule has 2 fully saturated rings. The number of hydrogen-bond donors (Lipinski definition) is 2. The Kier molecular flexibility index (Phi) is 4.05. The van der Waals surface area contributed by atoms with Gasteiger partial charge in [-0.2, -0.15) is 0 Å². The van der Waals surface area contributed by atoms with Crippen LogP contribution in [0.15, 0.2) is 0 Å². The molecule has 4 nitrogen and oxygen atoms in total. The van der Waals surface area contributed by atoms with Crippen LogP contribution in [-0.2, 0) is 9.53 Å². The lowest BCUT2D eigenvalue weighted by Gasteiger charge is -2.34. The molecule has 0 aliphatic carbocycles. The van der Waals surface area contributed by atoms with Gasteiger partial charge in [-0.15, -0.1) is 0 Å². The minimum atomic E-state index is 0.0603. The fraction of sp³-hybridized carbons (Fsp3) is 0.923. The Hall–Kier alpha value is -0.610. The van der Waals surface area contributed by atoms with E-state index in [4.69, 9.17) is 4.74 Å². The summed E-state index contributed by atoms with van der Waals surface area (Å²) in [6.45, 7) is 7.75. The second-order valence-corrected chi connectivity index (χ2v) is 5.89. The molecule has 0 aromatic heterocycles. The number of carbonyl (C=O) groups is 1. The Bertz CT molecular complexity index is 275. The smallest absolute Gasteiger partial charge is 0.225 e. The molecule has 2 heterocycles. The zero-order valence-electron chi connectivity index (χ0n) is 10.9. The molecule has 4 heteroatoms. The second-order valence-electron chi connectivity index (χ2n) is 5.89. The van der Waals surface area contributed by atoms with Gasteiger partial charge < -0.3 is 15.4 Å². The highest BCUT2D eigenvalue weighted by molar-refractivity contribution is 5.79. The first-order valence-corrected chi connectivity index (χ1v) is 6.69. The van der Waals surface area contributed by atoms with Crippen LogP contribution < -0.4 is 10.6 Å². The van der Waals surface area contributed by atoms with Crippen molar-refractivity contribution in [3.63, 3.8) is 0 Å². The van der Waals surface area contributed by atoms with Crippen LogP contribution in [0.4, 0.5) is 0 Å². The second kappa shape index (κ2) is 5.36. The highest BCUT2D eigenvalue weighted by Gasteiger charge is 2.31. The van der Waals surface area contributed by atoms with E-state index in [-0.39, 0.29) is 23.3 Å². The van der Waals surface area contributed by atoms with Gasteiger partial charge >= 0.3 is 0 Å². The van der Waals surface area contributed by atoms with Gasteiger partial charge in [0.1, 0.15) is 0 Å². The first-order valence-electron chi connectivity index (χ1n) is 6.69. The van der Waals surface area contributed by atoms with Crippen molar-refractivity contribution in [2.75, 3.05) is 26.2 Å². The van der Waals surface area contributed by atoms with E-state index in [0.29, 0.717) is 6.61 Å². The van der Waals surface area contributed by atoms with Crippen LogP contribution in [0.1, 0.15) is 33.1 Å². The van der Waals surface area contributed by atoms with Crippen LogP contribution in [0.25, 0.3) is 0 Å². The largest absolute Gasteiger partial charge is 0.378 e. The molecule has 1 amide bonds.